The van der Waals surface area contributed by atoms with Crippen LogP contribution in [0.3, 0.4) is 0 Å². The van der Waals surface area contributed by atoms with Gasteiger partial charge in [-0.2, -0.15) is 0 Å². The molecule has 96 valence electrons. The lowest BCUT2D eigenvalue weighted by molar-refractivity contribution is 0.475. The predicted molar refractivity (Wildman–Crippen MR) is 77.0 cm³/mol. The number of phenols is 1. The zero-order valence-corrected chi connectivity index (χ0v) is 11.4. The predicted octanol–water partition coefficient (Wildman–Crippen LogP) is 2.75. The summed E-state index contributed by atoms with van der Waals surface area (Å²) in [5, 5.41) is 11.1. The van der Waals surface area contributed by atoms with Gasteiger partial charge in [-0.3, -0.25) is 9.20 Å². The lowest BCUT2D eigenvalue weighted by atomic mass is 10.3. The van der Waals surface area contributed by atoms with Crippen LogP contribution in [0.15, 0.2) is 51.6 Å². The molecule has 0 spiro atoms. The number of benzene rings is 1. The summed E-state index contributed by atoms with van der Waals surface area (Å²) < 4.78 is 1.54. The molecule has 19 heavy (non-hydrogen) atoms. The number of aromatic nitrogens is 2. The Morgan fingerprint density at radius 2 is 2.11 bits per heavy atom. The van der Waals surface area contributed by atoms with E-state index < -0.39 is 0 Å². The van der Waals surface area contributed by atoms with Crippen molar-refractivity contribution < 1.29 is 5.11 Å². The van der Waals surface area contributed by atoms with Gasteiger partial charge >= 0.3 is 0 Å². The van der Waals surface area contributed by atoms with Gasteiger partial charge in [-0.05, 0) is 24.3 Å². The van der Waals surface area contributed by atoms with Crippen LogP contribution >= 0.6 is 23.1 Å². The molecule has 3 rings (SSSR count). The van der Waals surface area contributed by atoms with Crippen LogP contribution in [-0.4, -0.2) is 14.5 Å². The van der Waals surface area contributed by atoms with Gasteiger partial charge in [-0.15, -0.1) is 23.1 Å². The molecule has 0 saturated heterocycles. The minimum absolute atomic E-state index is 0.0486. The summed E-state index contributed by atoms with van der Waals surface area (Å²) in [6.45, 7) is 0. The molecule has 0 amide bonds. The lowest BCUT2D eigenvalue weighted by Gasteiger charge is -2.02. The fraction of sp³-hybridized carbons (Fsp3) is 0.0769. The maximum absolute atomic E-state index is 11.8. The van der Waals surface area contributed by atoms with E-state index in [1.165, 1.54) is 11.3 Å². The normalized spacial score (nSPS) is 10.9. The highest BCUT2D eigenvalue weighted by atomic mass is 32.2. The average Bonchev–Trinajstić information content (AvgIpc) is 2.87. The molecule has 2 aromatic heterocycles. The molecule has 6 heteroatoms. The fourth-order valence-corrected chi connectivity index (χ4v) is 3.19. The number of hydrogen-bond acceptors (Lipinski definition) is 5. The van der Waals surface area contributed by atoms with Crippen molar-refractivity contribution >= 4 is 28.1 Å². The second kappa shape index (κ2) is 5.07. The standard InChI is InChI=1S/C13H10N2O2S2/c16-10-1-3-11(4-2-10)19-8-9-7-12(17)15-5-6-18-13(15)14-9/h1-7,16H,8H2. The molecule has 2 heterocycles. The molecule has 0 aliphatic carbocycles. The summed E-state index contributed by atoms with van der Waals surface area (Å²) in [5.74, 6) is 0.884. The van der Waals surface area contributed by atoms with E-state index in [0.29, 0.717) is 10.7 Å². The van der Waals surface area contributed by atoms with Crippen LogP contribution < -0.4 is 5.56 Å². The highest BCUT2D eigenvalue weighted by Gasteiger charge is 2.04. The van der Waals surface area contributed by atoms with Gasteiger partial charge in [0.1, 0.15) is 5.75 Å². The maximum atomic E-state index is 11.8. The summed E-state index contributed by atoms with van der Waals surface area (Å²) >= 11 is 3.03. The number of phenolic OH excluding ortho intramolecular Hbond substituents is 1. The first-order chi connectivity index (χ1) is 9.22. The summed E-state index contributed by atoms with van der Waals surface area (Å²) in [4.78, 5) is 18.0. The van der Waals surface area contributed by atoms with E-state index in [0.717, 1.165) is 10.6 Å². The van der Waals surface area contributed by atoms with Gasteiger partial charge in [0.15, 0.2) is 4.96 Å². The number of nitrogens with zero attached hydrogens (tertiary/aromatic N) is 2. The van der Waals surface area contributed by atoms with Crippen LogP contribution in [-0.2, 0) is 5.75 Å². The second-order valence-electron chi connectivity index (χ2n) is 3.92. The van der Waals surface area contributed by atoms with E-state index in [9.17, 15) is 9.90 Å². The van der Waals surface area contributed by atoms with Crippen LogP contribution in [0.1, 0.15) is 5.69 Å². The second-order valence-corrected chi connectivity index (χ2v) is 5.85. The van der Waals surface area contributed by atoms with Crippen molar-refractivity contribution in [3.8, 4) is 5.75 Å². The molecule has 0 aliphatic rings. The highest BCUT2D eigenvalue weighted by Crippen LogP contribution is 2.23. The maximum Gasteiger partial charge on any atom is 0.258 e. The minimum Gasteiger partial charge on any atom is -0.508 e. The summed E-state index contributed by atoms with van der Waals surface area (Å²) in [6, 6.07) is 8.54. The Balaban J connectivity index is 1.81. The third-order valence-electron chi connectivity index (χ3n) is 2.58. The van der Waals surface area contributed by atoms with Crippen LogP contribution in [0.2, 0.25) is 0 Å². The first kappa shape index (κ1) is 12.3. The number of thioether (sulfide) groups is 1. The average molecular weight is 290 g/mol. The summed E-state index contributed by atoms with van der Waals surface area (Å²) in [6.07, 6.45) is 1.73. The summed E-state index contributed by atoms with van der Waals surface area (Å²) in [7, 11) is 0. The zero-order valence-electron chi connectivity index (χ0n) is 9.81. The smallest absolute Gasteiger partial charge is 0.258 e. The largest absolute Gasteiger partial charge is 0.508 e. The number of thiazole rings is 1. The van der Waals surface area contributed by atoms with Gasteiger partial charge in [0, 0.05) is 28.3 Å². The number of hydrogen-bond donors (Lipinski definition) is 1. The Kier molecular flexibility index (Phi) is 3.27. The van der Waals surface area contributed by atoms with Crippen molar-refractivity contribution in [3.63, 3.8) is 0 Å². The summed E-state index contributed by atoms with van der Waals surface area (Å²) in [5.41, 5.74) is 0.720. The molecule has 0 saturated carbocycles. The number of rotatable bonds is 3. The molecule has 4 nitrogen and oxygen atoms in total. The van der Waals surface area contributed by atoms with Crippen molar-refractivity contribution in [1.29, 1.82) is 0 Å². The van der Waals surface area contributed by atoms with E-state index in [2.05, 4.69) is 4.98 Å². The van der Waals surface area contributed by atoms with Crippen molar-refractivity contribution in [2.45, 2.75) is 10.6 Å². The minimum atomic E-state index is -0.0486. The Hall–Kier alpha value is -1.79. The van der Waals surface area contributed by atoms with Gasteiger partial charge in [-0.25, -0.2) is 4.98 Å². The first-order valence-electron chi connectivity index (χ1n) is 5.60. The third kappa shape index (κ3) is 2.64. The molecule has 0 radical (unpaired) electrons. The van der Waals surface area contributed by atoms with E-state index in [-0.39, 0.29) is 11.3 Å². The van der Waals surface area contributed by atoms with Gasteiger partial charge < -0.3 is 5.11 Å². The van der Waals surface area contributed by atoms with Gasteiger partial charge in [0.25, 0.3) is 5.56 Å². The molecule has 3 aromatic rings. The van der Waals surface area contributed by atoms with Crippen LogP contribution in [0.4, 0.5) is 0 Å². The van der Waals surface area contributed by atoms with Crippen molar-refractivity contribution in [3.05, 3.63) is 58.0 Å². The van der Waals surface area contributed by atoms with Crippen LogP contribution in [0, 0.1) is 0 Å². The first-order valence-corrected chi connectivity index (χ1v) is 7.46. The third-order valence-corrected chi connectivity index (χ3v) is 4.38. The van der Waals surface area contributed by atoms with Crippen molar-refractivity contribution in [1.82, 2.24) is 9.38 Å². The molecule has 1 aromatic carbocycles. The fourth-order valence-electron chi connectivity index (χ4n) is 1.66. The lowest BCUT2D eigenvalue weighted by Crippen LogP contribution is -2.12. The van der Waals surface area contributed by atoms with Gasteiger partial charge in [-0.1, -0.05) is 0 Å². The quantitative estimate of drug-likeness (QED) is 0.754. The molecular formula is C13H10N2O2S2. The van der Waals surface area contributed by atoms with E-state index >= 15 is 0 Å². The van der Waals surface area contributed by atoms with E-state index in [1.54, 1.807) is 40.6 Å². The number of aromatic hydroxyl groups is 1. The Bertz CT molecular complexity index is 762. The Morgan fingerprint density at radius 1 is 1.32 bits per heavy atom. The van der Waals surface area contributed by atoms with Crippen molar-refractivity contribution in [2.24, 2.45) is 0 Å². The van der Waals surface area contributed by atoms with Crippen molar-refractivity contribution in [2.75, 3.05) is 0 Å². The molecule has 0 bridgehead atoms. The molecule has 0 aliphatic heterocycles. The molecule has 0 atom stereocenters. The monoisotopic (exact) mass is 290 g/mol. The Morgan fingerprint density at radius 3 is 2.89 bits per heavy atom. The Labute approximate surface area is 117 Å². The molecule has 1 N–H and O–H groups in total. The van der Waals surface area contributed by atoms with Crippen LogP contribution in [0.5, 0.6) is 5.75 Å². The molecule has 0 fully saturated rings. The SMILES string of the molecule is O=c1cc(CSc2ccc(O)cc2)nc2sccn12. The van der Waals surface area contributed by atoms with Gasteiger partial charge in [0.2, 0.25) is 0 Å². The van der Waals surface area contributed by atoms with Gasteiger partial charge in [0.05, 0.1) is 5.69 Å². The highest BCUT2D eigenvalue weighted by molar-refractivity contribution is 7.98. The molecule has 0 unspecified atom stereocenters. The van der Waals surface area contributed by atoms with E-state index in [1.807, 2.05) is 17.5 Å². The zero-order chi connectivity index (χ0) is 13.2. The number of fused-ring (bicyclic) bond motifs is 1. The topological polar surface area (TPSA) is 54.6 Å². The van der Waals surface area contributed by atoms with E-state index in [4.69, 9.17) is 0 Å². The molecular weight excluding hydrogens is 280 g/mol. The van der Waals surface area contributed by atoms with Crippen LogP contribution in [0.25, 0.3) is 4.96 Å².